The van der Waals surface area contributed by atoms with Crippen molar-refractivity contribution in [3.63, 3.8) is 0 Å². The summed E-state index contributed by atoms with van der Waals surface area (Å²) < 4.78 is 40.0. The second-order valence-corrected chi connectivity index (χ2v) is 11.8. The van der Waals surface area contributed by atoms with Crippen LogP contribution in [-0.2, 0) is 20.9 Å². The first-order valence-electron chi connectivity index (χ1n) is 14.2. The van der Waals surface area contributed by atoms with Crippen molar-refractivity contribution in [1.82, 2.24) is 14.8 Å². The first-order valence-corrected chi connectivity index (χ1v) is 14.2. The van der Waals surface area contributed by atoms with Gasteiger partial charge in [-0.25, -0.2) is 8.78 Å². The highest BCUT2D eigenvalue weighted by molar-refractivity contribution is 5.99. The van der Waals surface area contributed by atoms with E-state index in [9.17, 15) is 28.0 Å². The molecule has 0 radical (unpaired) electrons. The van der Waals surface area contributed by atoms with Crippen molar-refractivity contribution in [2.24, 2.45) is 11.1 Å². The van der Waals surface area contributed by atoms with Gasteiger partial charge in [0.25, 0.3) is 11.8 Å². The molecule has 0 aliphatic carbocycles. The fraction of sp³-hybridized carbons (Fsp3) is 0.500. The second-order valence-electron chi connectivity index (χ2n) is 11.8. The molecule has 1 spiro atoms. The number of ether oxygens (including phenoxy) is 2. The van der Waals surface area contributed by atoms with Crippen LogP contribution in [0.4, 0.5) is 8.78 Å². The van der Waals surface area contributed by atoms with Crippen LogP contribution in [0.2, 0.25) is 0 Å². The summed E-state index contributed by atoms with van der Waals surface area (Å²) in [4.78, 5) is 60.9. The van der Waals surface area contributed by atoms with Crippen molar-refractivity contribution < 1.29 is 37.5 Å². The average Bonchev–Trinajstić information content (AvgIpc) is 3.27. The van der Waals surface area contributed by atoms with E-state index in [0.29, 0.717) is 25.3 Å². The topological polar surface area (TPSA) is 129 Å². The molecular formula is C30H34F2N4O7. The van der Waals surface area contributed by atoms with Gasteiger partial charge in [-0.15, -0.1) is 0 Å². The first-order chi connectivity index (χ1) is 20.4. The van der Waals surface area contributed by atoms with Crippen LogP contribution in [0, 0.1) is 17.6 Å². The molecule has 0 saturated carbocycles. The molecule has 13 heteroatoms. The Kier molecular flexibility index (Phi) is 8.26. The van der Waals surface area contributed by atoms with Gasteiger partial charge in [0.05, 0.1) is 11.8 Å². The maximum atomic E-state index is 14.2. The van der Waals surface area contributed by atoms with Crippen LogP contribution in [0.5, 0.6) is 5.75 Å². The number of pyridine rings is 1. The smallest absolute Gasteiger partial charge is 0.308 e. The molecular weight excluding hydrogens is 566 g/mol. The Hall–Kier alpha value is -4.29. The largest absolute Gasteiger partial charge is 0.451 e. The van der Waals surface area contributed by atoms with E-state index >= 15 is 0 Å². The number of esters is 1. The normalized spacial score (nSPS) is 22.5. The predicted molar refractivity (Wildman–Crippen MR) is 150 cm³/mol. The van der Waals surface area contributed by atoms with E-state index < -0.39 is 59.0 Å². The van der Waals surface area contributed by atoms with Gasteiger partial charge in [0.15, 0.2) is 11.3 Å². The van der Waals surface area contributed by atoms with Gasteiger partial charge in [0.2, 0.25) is 18.0 Å². The SMILES string of the molecule is CC1=NOC2(CC[C@H](C)N3C[C@H]2n2cc(C(=O)NCc4ccc(F)cc4F)c(=O)c(OCOC(=O)CC(C)C)c2C3=O)C1. The number of fused-ring (bicyclic) bond motifs is 5. The maximum absolute atomic E-state index is 14.2. The van der Waals surface area contributed by atoms with E-state index in [1.165, 1.54) is 16.8 Å². The zero-order valence-corrected chi connectivity index (χ0v) is 24.4. The Morgan fingerprint density at radius 3 is 2.70 bits per heavy atom. The molecule has 43 heavy (non-hydrogen) atoms. The molecule has 3 aliphatic rings. The molecule has 1 fully saturated rings. The van der Waals surface area contributed by atoms with Crippen molar-refractivity contribution in [3.8, 4) is 5.75 Å². The molecule has 1 aromatic heterocycles. The molecule has 1 N–H and O–H groups in total. The number of nitrogens with one attached hydrogen (secondary N) is 1. The Morgan fingerprint density at radius 1 is 1.26 bits per heavy atom. The Labute approximate surface area is 246 Å². The molecule has 1 saturated heterocycles. The van der Waals surface area contributed by atoms with Gasteiger partial charge in [-0.05, 0) is 38.7 Å². The zero-order valence-electron chi connectivity index (χ0n) is 24.4. The molecule has 5 rings (SSSR count). The maximum Gasteiger partial charge on any atom is 0.308 e. The molecule has 2 bridgehead atoms. The number of benzene rings is 1. The molecule has 4 heterocycles. The van der Waals surface area contributed by atoms with Crippen molar-refractivity contribution in [2.45, 2.75) is 77.6 Å². The number of oxime groups is 1. The van der Waals surface area contributed by atoms with Crippen molar-refractivity contribution in [3.05, 3.63) is 63.1 Å². The molecule has 2 aromatic rings. The van der Waals surface area contributed by atoms with Gasteiger partial charge in [0.1, 0.15) is 17.2 Å². The minimum absolute atomic E-state index is 0.0101. The van der Waals surface area contributed by atoms with E-state index in [-0.39, 0.29) is 48.3 Å². The summed E-state index contributed by atoms with van der Waals surface area (Å²) in [5.41, 5.74) is -1.44. The Bertz CT molecular complexity index is 1560. The number of halogens is 2. The minimum Gasteiger partial charge on any atom is -0.451 e. The summed E-state index contributed by atoms with van der Waals surface area (Å²) in [7, 11) is 0. The quantitative estimate of drug-likeness (QED) is 0.362. The van der Waals surface area contributed by atoms with E-state index in [4.69, 9.17) is 14.3 Å². The molecule has 1 unspecified atom stereocenters. The number of nitrogens with zero attached hydrogens (tertiary/aromatic N) is 3. The third kappa shape index (κ3) is 5.84. The lowest BCUT2D eigenvalue weighted by Crippen LogP contribution is -2.52. The summed E-state index contributed by atoms with van der Waals surface area (Å²) >= 11 is 0. The molecule has 2 amide bonds. The number of rotatable bonds is 8. The molecule has 1 aromatic carbocycles. The molecule has 230 valence electrons. The van der Waals surface area contributed by atoms with Crippen molar-refractivity contribution in [2.75, 3.05) is 13.3 Å². The number of carbonyl (C=O) groups is 3. The fourth-order valence-electron chi connectivity index (χ4n) is 5.89. The van der Waals surface area contributed by atoms with Gasteiger partial charge < -0.3 is 29.1 Å². The fourth-order valence-corrected chi connectivity index (χ4v) is 5.89. The van der Waals surface area contributed by atoms with E-state index in [1.54, 1.807) is 4.90 Å². The van der Waals surface area contributed by atoms with Crippen LogP contribution in [-0.4, -0.2) is 57.9 Å². The highest BCUT2D eigenvalue weighted by atomic mass is 19.1. The number of carbonyl (C=O) groups excluding carboxylic acids is 3. The third-order valence-corrected chi connectivity index (χ3v) is 8.12. The van der Waals surface area contributed by atoms with Gasteiger partial charge in [-0.3, -0.25) is 19.2 Å². The van der Waals surface area contributed by atoms with Crippen LogP contribution in [0.15, 0.2) is 34.3 Å². The third-order valence-electron chi connectivity index (χ3n) is 8.12. The van der Waals surface area contributed by atoms with Gasteiger partial charge >= 0.3 is 5.97 Å². The summed E-state index contributed by atoms with van der Waals surface area (Å²) in [5, 5.41) is 6.69. The molecule has 11 nitrogen and oxygen atoms in total. The Balaban J connectivity index is 1.56. The van der Waals surface area contributed by atoms with E-state index in [1.807, 2.05) is 27.7 Å². The second kappa shape index (κ2) is 11.8. The van der Waals surface area contributed by atoms with Crippen LogP contribution in [0.1, 0.15) is 85.8 Å². The van der Waals surface area contributed by atoms with Gasteiger partial charge in [-0.2, -0.15) is 0 Å². The predicted octanol–water partition coefficient (Wildman–Crippen LogP) is 3.70. The van der Waals surface area contributed by atoms with Crippen LogP contribution in [0.25, 0.3) is 0 Å². The monoisotopic (exact) mass is 600 g/mol. The standard InChI is InChI=1S/C30H34F2N4O7/c1-16(2)9-24(37)41-15-42-27-25-29(40)35-14-23(30(8-7-18(35)4)11-17(3)34-43-30)36(25)13-21(26(27)38)28(39)33-12-19-5-6-20(31)10-22(19)32/h5-6,10,13,16,18,23H,7-9,11-12,14-15H2,1-4H3,(H,33,39)/t18-,23+,30?/m0/s1. The Morgan fingerprint density at radius 2 is 2.02 bits per heavy atom. The lowest BCUT2D eigenvalue weighted by Gasteiger charge is -2.42. The highest BCUT2D eigenvalue weighted by Crippen LogP contribution is 2.46. The number of hydrogen-bond donors (Lipinski definition) is 1. The van der Waals surface area contributed by atoms with Crippen molar-refractivity contribution in [1.29, 1.82) is 0 Å². The average molecular weight is 601 g/mol. The number of aromatic nitrogens is 1. The van der Waals surface area contributed by atoms with E-state index in [2.05, 4.69) is 10.5 Å². The molecule has 3 aliphatic heterocycles. The number of hydrogen-bond acceptors (Lipinski definition) is 8. The summed E-state index contributed by atoms with van der Waals surface area (Å²) in [6.45, 7) is 6.69. The van der Waals surface area contributed by atoms with Crippen LogP contribution >= 0.6 is 0 Å². The minimum atomic E-state index is -0.905. The lowest BCUT2D eigenvalue weighted by atomic mass is 9.84. The van der Waals surface area contributed by atoms with Gasteiger partial charge in [-0.1, -0.05) is 25.1 Å². The zero-order chi connectivity index (χ0) is 31.1. The first kappa shape index (κ1) is 30.2. The lowest BCUT2D eigenvalue weighted by molar-refractivity contribution is -0.151. The highest BCUT2D eigenvalue weighted by Gasteiger charge is 2.54. The van der Waals surface area contributed by atoms with Crippen LogP contribution in [0.3, 0.4) is 0 Å². The van der Waals surface area contributed by atoms with Crippen LogP contribution < -0.4 is 15.5 Å². The summed E-state index contributed by atoms with van der Waals surface area (Å²) in [5.74, 6) is -3.94. The van der Waals surface area contributed by atoms with E-state index in [0.717, 1.165) is 11.8 Å². The summed E-state index contributed by atoms with van der Waals surface area (Å²) in [6.07, 6.45) is 3.06. The van der Waals surface area contributed by atoms with Gasteiger partial charge in [0, 0.05) is 49.8 Å². The molecule has 3 atom stereocenters. The van der Waals surface area contributed by atoms with Crippen molar-refractivity contribution >= 4 is 23.5 Å². The summed E-state index contributed by atoms with van der Waals surface area (Å²) in [6, 6.07) is 2.21. The number of amides is 2.